The van der Waals surface area contributed by atoms with Crippen molar-refractivity contribution in [2.24, 2.45) is 0 Å². The first kappa shape index (κ1) is 29.9. The molecule has 29 heavy (non-hydrogen) atoms. The Kier molecular flexibility index (Phi) is 14.3. The standard InChI is InChI=1S/C22H29O2.2C2H6.W/c1-21(2,3)18-13-17(14-20(15-18)24-22(4,5)6)12-16-8-10-19(23-7)11-9-16;2*1-2;/h8-11,13-15H,7,12H2,1-6H3;2*1-2H3;/q-1;;;. The van der Waals surface area contributed by atoms with Crippen LogP contribution in [0.25, 0.3) is 0 Å². The second-order valence-corrected chi connectivity index (χ2v) is 8.30. The van der Waals surface area contributed by atoms with Gasteiger partial charge in [-0.25, -0.2) is 0 Å². The molecule has 0 aromatic heterocycles. The molecule has 2 aromatic rings. The molecule has 0 heterocycles. The zero-order valence-corrected chi connectivity index (χ0v) is 23.1. The normalized spacial score (nSPS) is 10.4. The molecule has 0 saturated heterocycles. The summed E-state index contributed by atoms with van der Waals surface area (Å²) in [6, 6.07) is 14.6. The van der Waals surface area contributed by atoms with E-state index in [1.807, 2.05) is 39.8 Å². The van der Waals surface area contributed by atoms with E-state index in [0.717, 1.165) is 17.9 Å². The molecule has 0 N–H and O–H groups in total. The molecule has 0 fully saturated rings. The van der Waals surface area contributed by atoms with Crippen LogP contribution in [0.2, 0.25) is 0 Å². The smallest absolute Gasteiger partial charge is 0.120 e. The monoisotopic (exact) mass is 569 g/mol. The Labute approximate surface area is 194 Å². The maximum absolute atomic E-state index is 6.12. The second kappa shape index (κ2) is 13.9. The van der Waals surface area contributed by atoms with E-state index in [-0.39, 0.29) is 32.1 Å². The van der Waals surface area contributed by atoms with E-state index in [4.69, 9.17) is 9.47 Å². The van der Waals surface area contributed by atoms with E-state index in [1.165, 1.54) is 16.7 Å². The van der Waals surface area contributed by atoms with Gasteiger partial charge in [-0.15, -0.1) is 0 Å². The first-order valence-electron chi connectivity index (χ1n) is 10.4. The molecule has 0 atom stereocenters. The van der Waals surface area contributed by atoms with Crippen LogP contribution in [0.4, 0.5) is 0 Å². The van der Waals surface area contributed by atoms with E-state index >= 15 is 0 Å². The summed E-state index contributed by atoms with van der Waals surface area (Å²) in [5.74, 6) is 1.71. The SMILES string of the molecule is CC.CC.[CH2-]Oc1ccc(Cc2cc(OC(C)(C)C)cc(C(C)(C)C)c2)cc1.[W]. The summed E-state index contributed by atoms with van der Waals surface area (Å²) in [7, 11) is 3.44. The van der Waals surface area contributed by atoms with Gasteiger partial charge in [0.15, 0.2) is 0 Å². The molecular formula is C26H41O2W-. The molecule has 0 aliphatic rings. The van der Waals surface area contributed by atoms with Crippen LogP contribution in [0.1, 0.15) is 85.9 Å². The van der Waals surface area contributed by atoms with Crippen molar-refractivity contribution in [1.82, 2.24) is 0 Å². The van der Waals surface area contributed by atoms with Crippen molar-refractivity contribution in [2.75, 3.05) is 0 Å². The van der Waals surface area contributed by atoms with Gasteiger partial charge in [0, 0.05) is 21.1 Å². The van der Waals surface area contributed by atoms with Crippen molar-refractivity contribution in [3.63, 3.8) is 0 Å². The van der Waals surface area contributed by atoms with Gasteiger partial charge in [-0.3, -0.25) is 0 Å². The fraction of sp³-hybridized carbons (Fsp3) is 0.500. The summed E-state index contributed by atoms with van der Waals surface area (Å²) in [6.45, 7) is 20.9. The summed E-state index contributed by atoms with van der Waals surface area (Å²) >= 11 is 0. The number of ether oxygens (including phenoxy) is 2. The quantitative estimate of drug-likeness (QED) is 0.348. The van der Waals surface area contributed by atoms with Gasteiger partial charge in [0.1, 0.15) is 11.4 Å². The number of hydrogen-bond donors (Lipinski definition) is 0. The second-order valence-electron chi connectivity index (χ2n) is 8.30. The van der Waals surface area contributed by atoms with Crippen LogP contribution in [-0.2, 0) is 32.9 Å². The molecular weight excluding hydrogens is 528 g/mol. The zero-order valence-electron chi connectivity index (χ0n) is 20.2. The molecule has 164 valence electrons. The molecule has 0 saturated carbocycles. The largest absolute Gasteiger partial charge is 0.665 e. The molecule has 0 aliphatic heterocycles. The topological polar surface area (TPSA) is 18.5 Å². The van der Waals surface area contributed by atoms with Crippen LogP contribution in [0.3, 0.4) is 0 Å². The van der Waals surface area contributed by atoms with Crippen LogP contribution in [0, 0.1) is 7.11 Å². The van der Waals surface area contributed by atoms with Crippen molar-refractivity contribution in [2.45, 2.75) is 86.7 Å². The maximum atomic E-state index is 6.12. The number of benzene rings is 2. The Morgan fingerprint density at radius 2 is 1.24 bits per heavy atom. The average molecular weight is 569 g/mol. The summed E-state index contributed by atoms with van der Waals surface area (Å²) in [5.41, 5.74) is 3.66. The Morgan fingerprint density at radius 1 is 0.724 bits per heavy atom. The van der Waals surface area contributed by atoms with Gasteiger partial charge >= 0.3 is 0 Å². The minimum absolute atomic E-state index is 0. The molecule has 3 heteroatoms. The minimum Gasteiger partial charge on any atom is -0.665 e. The Morgan fingerprint density at radius 3 is 1.66 bits per heavy atom. The Hall–Kier alpha value is -1.27. The van der Waals surface area contributed by atoms with Gasteiger partial charge < -0.3 is 9.47 Å². The van der Waals surface area contributed by atoms with Gasteiger partial charge in [-0.1, -0.05) is 66.7 Å². The van der Waals surface area contributed by atoms with E-state index < -0.39 is 0 Å². The fourth-order valence-electron chi connectivity index (χ4n) is 2.55. The van der Waals surface area contributed by atoms with Crippen molar-refractivity contribution in [3.8, 4) is 11.5 Å². The van der Waals surface area contributed by atoms with Crippen LogP contribution in [-0.4, -0.2) is 5.60 Å². The van der Waals surface area contributed by atoms with Crippen molar-refractivity contribution in [3.05, 3.63) is 66.3 Å². The van der Waals surface area contributed by atoms with Gasteiger partial charge in [0.25, 0.3) is 0 Å². The fourth-order valence-corrected chi connectivity index (χ4v) is 2.55. The summed E-state index contributed by atoms with van der Waals surface area (Å²) in [5, 5.41) is 0. The van der Waals surface area contributed by atoms with Crippen molar-refractivity contribution in [1.29, 1.82) is 0 Å². The van der Waals surface area contributed by atoms with Gasteiger partial charge in [0.2, 0.25) is 0 Å². The van der Waals surface area contributed by atoms with E-state index in [9.17, 15) is 0 Å². The van der Waals surface area contributed by atoms with Gasteiger partial charge in [0.05, 0.1) is 5.75 Å². The molecule has 0 aliphatic carbocycles. The predicted molar refractivity (Wildman–Crippen MR) is 123 cm³/mol. The maximum Gasteiger partial charge on any atom is 0.120 e. The predicted octanol–water partition coefficient (Wildman–Crippen LogP) is 7.97. The van der Waals surface area contributed by atoms with Crippen molar-refractivity contribution >= 4 is 0 Å². The number of rotatable bonds is 4. The minimum atomic E-state index is -0.207. The molecule has 2 rings (SSSR count). The Balaban J connectivity index is 0. The molecule has 0 bridgehead atoms. The number of hydrogen-bond acceptors (Lipinski definition) is 2. The van der Waals surface area contributed by atoms with Crippen LogP contribution in [0.5, 0.6) is 11.5 Å². The van der Waals surface area contributed by atoms with Crippen LogP contribution in [0.15, 0.2) is 42.5 Å². The van der Waals surface area contributed by atoms with E-state index in [1.54, 1.807) is 0 Å². The summed E-state index contributed by atoms with van der Waals surface area (Å²) < 4.78 is 11.1. The molecule has 0 unspecified atom stereocenters. The van der Waals surface area contributed by atoms with Crippen LogP contribution < -0.4 is 9.47 Å². The molecule has 2 aromatic carbocycles. The van der Waals surface area contributed by atoms with E-state index in [2.05, 4.69) is 79.0 Å². The third-order valence-electron chi connectivity index (χ3n) is 3.75. The molecule has 0 radical (unpaired) electrons. The first-order valence-corrected chi connectivity index (χ1v) is 10.4. The third kappa shape index (κ3) is 11.5. The molecule has 2 nitrogen and oxygen atoms in total. The summed E-state index contributed by atoms with van der Waals surface area (Å²) in [6.07, 6.45) is 0.863. The van der Waals surface area contributed by atoms with Gasteiger partial charge in [-0.2, -0.15) is 7.11 Å². The Bertz CT molecular complexity index is 677. The summed E-state index contributed by atoms with van der Waals surface area (Å²) in [4.78, 5) is 0. The van der Waals surface area contributed by atoms with Crippen LogP contribution >= 0.6 is 0 Å². The molecule has 0 amide bonds. The van der Waals surface area contributed by atoms with Crippen molar-refractivity contribution < 1.29 is 30.5 Å². The zero-order chi connectivity index (χ0) is 22.0. The third-order valence-corrected chi connectivity index (χ3v) is 3.75. The van der Waals surface area contributed by atoms with E-state index in [0.29, 0.717) is 0 Å². The van der Waals surface area contributed by atoms with Gasteiger partial charge in [-0.05, 0) is 73.6 Å². The molecule has 0 spiro atoms. The average Bonchev–Trinajstić information content (AvgIpc) is 2.63. The first-order chi connectivity index (χ1) is 13.1.